The molecule has 0 radical (unpaired) electrons. The lowest BCUT2D eigenvalue weighted by Gasteiger charge is -1.77. The summed E-state index contributed by atoms with van der Waals surface area (Å²) in [6.07, 6.45) is 1.57. The van der Waals surface area contributed by atoms with Crippen LogP contribution in [0, 0.1) is 0 Å². The number of nitrogens with zero attached hydrogens (tertiary/aromatic N) is 1. The van der Waals surface area contributed by atoms with Gasteiger partial charge in [0.2, 0.25) is 0 Å². The van der Waals surface area contributed by atoms with Gasteiger partial charge in [-0.2, -0.15) is 0 Å². The normalized spacial score (nSPS) is 8.09. The Morgan fingerprint density at radius 2 is 2.45 bits per heavy atom. The Balaban J connectivity index is 0.000000218. The van der Waals surface area contributed by atoms with Crippen LogP contribution in [0.15, 0.2) is 11.6 Å². The molecule has 62 valence electrons. The Morgan fingerprint density at radius 1 is 1.91 bits per heavy atom. The van der Waals surface area contributed by atoms with Crippen molar-refractivity contribution in [2.75, 3.05) is 0 Å². The number of amides is 1. The molecule has 0 fully saturated rings. The van der Waals surface area contributed by atoms with E-state index in [2.05, 4.69) is 17.6 Å². The molecule has 0 aromatic carbocycles. The maximum Gasteiger partial charge on any atom is 0.402 e. The Labute approximate surface area is 68.7 Å². The van der Waals surface area contributed by atoms with Crippen LogP contribution < -0.4 is 5.73 Å². The quantitative estimate of drug-likeness (QED) is 0.674. The van der Waals surface area contributed by atoms with Crippen LogP contribution in [0.25, 0.3) is 0 Å². The minimum absolute atomic E-state index is 1.07. The van der Waals surface area contributed by atoms with Crippen LogP contribution in [0.3, 0.4) is 0 Å². The summed E-state index contributed by atoms with van der Waals surface area (Å²) in [7, 11) is 0. The highest BCUT2D eigenvalue weighted by atomic mass is 32.1. The molecule has 11 heavy (non-hydrogen) atoms. The monoisotopic (exact) mass is 174 g/mol. The molecule has 1 heterocycles. The number of thiazole rings is 1. The van der Waals surface area contributed by atoms with Crippen molar-refractivity contribution in [3.8, 4) is 0 Å². The zero-order valence-electron chi connectivity index (χ0n) is 6.15. The molecule has 0 unspecified atom stereocenters. The topological polar surface area (TPSA) is 76.2 Å². The third-order valence-electron chi connectivity index (χ3n) is 0.786. The van der Waals surface area contributed by atoms with Crippen LogP contribution in [-0.2, 0) is 6.42 Å². The van der Waals surface area contributed by atoms with E-state index in [1.807, 2.05) is 11.6 Å². The second kappa shape index (κ2) is 5.67. The third-order valence-corrected chi connectivity index (χ3v) is 1.71. The first-order chi connectivity index (χ1) is 5.16. The first kappa shape index (κ1) is 9.90. The van der Waals surface area contributed by atoms with Gasteiger partial charge < -0.3 is 10.8 Å². The van der Waals surface area contributed by atoms with Gasteiger partial charge in [0.05, 0.1) is 5.01 Å². The molecule has 3 N–H and O–H groups in total. The van der Waals surface area contributed by atoms with Gasteiger partial charge in [0, 0.05) is 11.6 Å². The van der Waals surface area contributed by atoms with Crippen molar-refractivity contribution in [2.24, 2.45) is 5.73 Å². The smallest absolute Gasteiger partial charge is 0.402 e. The van der Waals surface area contributed by atoms with Crippen molar-refractivity contribution in [1.29, 1.82) is 0 Å². The van der Waals surface area contributed by atoms with Crippen molar-refractivity contribution < 1.29 is 9.90 Å². The number of carboxylic acid groups (broad SMARTS) is 1. The summed E-state index contributed by atoms with van der Waals surface area (Å²) >= 11 is 1.71. The first-order valence-corrected chi connectivity index (χ1v) is 3.91. The molecule has 1 aromatic rings. The Bertz CT molecular complexity index is 194. The molecule has 0 aliphatic heterocycles. The number of aryl methyl sites for hydroxylation is 1. The number of hydrogen-bond donors (Lipinski definition) is 2. The summed E-state index contributed by atoms with van der Waals surface area (Å²) in [5.74, 6) is 0. The lowest BCUT2D eigenvalue weighted by atomic mass is 10.5. The Hall–Kier alpha value is -1.10. The van der Waals surface area contributed by atoms with Crippen LogP contribution >= 0.6 is 11.3 Å². The molecule has 1 aromatic heterocycles. The highest BCUT2D eigenvalue weighted by molar-refractivity contribution is 7.09. The molecule has 4 nitrogen and oxygen atoms in total. The van der Waals surface area contributed by atoms with Gasteiger partial charge in [-0.25, -0.2) is 9.78 Å². The lowest BCUT2D eigenvalue weighted by molar-refractivity contribution is 0.205. The molecule has 0 aliphatic rings. The van der Waals surface area contributed by atoms with Gasteiger partial charge in [-0.15, -0.1) is 11.3 Å². The van der Waals surface area contributed by atoms with E-state index in [4.69, 9.17) is 9.90 Å². The van der Waals surface area contributed by atoms with Gasteiger partial charge >= 0.3 is 6.09 Å². The summed E-state index contributed by atoms with van der Waals surface area (Å²) in [6, 6.07) is 0. The van der Waals surface area contributed by atoms with Gasteiger partial charge in [-0.05, 0) is 6.42 Å². The number of hydrogen-bond acceptors (Lipinski definition) is 3. The van der Waals surface area contributed by atoms with E-state index in [1.54, 1.807) is 11.3 Å². The maximum atomic E-state index is 8.78. The average molecular weight is 174 g/mol. The second-order valence-corrected chi connectivity index (χ2v) is 2.60. The number of aromatic nitrogens is 1. The van der Waals surface area contributed by atoms with Crippen molar-refractivity contribution in [3.05, 3.63) is 16.6 Å². The molecule has 5 heteroatoms. The molecule has 0 aliphatic carbocycles. The van der Waals surface area contributed by atoms with Crippen LogP contribution in [0.4, 0.5) is 4.79 Å². The molecule has 0 atom stereocenters. The molecular weight excluding hydrogens is 164 g/mol. The molecule has 1 rings (SSSR count). The van der Waals surface area contributed by atoms with Crippen LogP contribution in [0.5, 0.6) is 0 Å². The van der Waals surface area contributed by atoms with E-state index in [0.29, 0.717) is 0 Å². The van der Waals surface area contributed by atoms with Crippen molar-refractivity contribution in [1.82, 2.24) is 4.98 Å². The molecule has 0 saturated heterocycles. The second-order valence-electron chi connectivity index (χ2n) is 1.62. The predicted molar refractivity (Wildman–Crippen MR) is 43.7 cm³/mol. The van der Waals surface area contributed by atoms with E-state index >= 15 is 0 Å². The van der Waals surface area contributed by atoms with E-state index < -0.39 is 6.09 Å². The maximum absolute atomic E-state index is 8.78. The predicted octanol–water partition coefficient (Wildman–Crippen LogP) is 1.33. The number of carbonyl (C=O) groups is 1. The number of primary amides is 1. The minimum atomic E-state index is -1.33. The molecule has 0 saturated carbocycles. The largest absolute Gasteiger partial charge is 0.465 e. The third kappa shape index (κ3) is 6.79. The summed E-state index contributed by atoms with van der Waals surface area (Å²) in [4.78, 5) is 12.8. The van der Waals surface area contributed by atoms with Gasteiger partial charge in [0.15, 0.2) is 0 Å². The average Bonchev–Trinajstić information content (AvgIpc) is 2.36. The Morgan fingerprint density at radius 3 is 2.64 bits per heavy atom. The number of rotatable bonds is 1. The van der Waals surface area contributed by atoms with Crippen molar-refractivity contribution in [2.45, 2.75) is 13.3 Å². The fraction of sp³-hybridized carbons (Fsp3) is 0.333. The highest BCUT2D eigenvalue weighted by Crippen LogP contribution is 2.02. The van der Waals surface area contributed by atoms with Crippen LogP contribution in [0.1, 0.15) is 11.9 Å². The fourth-order valence-corrected chi connectivity index (χ4v) is 0.995. The molecule has 1 amide bonds. The molecule has 0 spiro atoms. The molecular formula is C6H10N2O2S. The lowest BCUT2D eigenvalue weighted by Crippen LogP contribution is -2.03. The zero-order chi connectivity index (χ0) is 8.69. The number of nitrogens with two attached hydrogens (primary N) is 1. The van der Waals surface area contributed by atoms with Gasteiger partial charge in [0.25, 0.3) is 0 Å². The summed E-state index contributed by atoms with van der Waals surface area (Å²) < 4.78 is 0. The standard InChI is InChI=1S/C5H7NS.CH3NO2/c1-2-5-6-3-4-7-5;2-1(3)4/h3-4H,2H2,1H3;2H2,(H,3,4). The van der Waals surface area contributed by atoms with E-state index in [-0.39, 0.29) is 0 Å². The molecule has 0 bridgehead atoms. The van der Waals surface area contributed by atoms with Gasteiger partial charge in [0.1, 0.15) is 0 Å². The zero-order valence-corrected chi connectivity index (χ0v) is 6.97. The summed E-state index contributed by atoms with van der Waals surface area (Å²) in [6.45, 7) is 2.11. The summed E-state index contributed by atoms with van der Waals surface area (Å²) in [5.41, 5.74) is 4.03. The van der Waals surface area contributed by atoms with Crippen LogP contribution in [-0.4, -0.2) is 16.2 Å². The van der Waals surface area contributed by atoms with Gasteiger partial charge in [-0.3, -0.25) is 0 Å². The van der Waals surface area contributed by atoms with Gasteiger partial charge in [-0.1, -0.05) is 6.92 Å². The highest BCUT2D eigenvalue weighted by Gasteiger charge is 1.84. The van der Waals surface area contributed by atoms with Crippen molar-refractivity contribution >= 4 is 17.4 Å². The summed E-state index contributed by atoms with van der Waals surface area (Å²) in [5, 5.41) is 10.4. The Kier molecular flexibility index (Phi) is 5.10. The van der Waals surface area contributed by atoms with Crippen molar-refractivity contribution in [3.63, 3.8) is 0 Å². The SMILES string of the molecule is CCc1nccs1.NC(=O)O. The minimum Gasteiger partial charge on any atom is -0.465 e. The van der Waals surface area contributed by atoms with E-state index in [0.717, 1.165) is 6.42 Å². The van der Waals surface area contributed by atoms with Crippen LogP contribution in [0.2, 0.25) is 0 Å². The fourth-order valence-electron chi connectivity index (χ4n) is 0.428. The van der Waals surface area contributed by atoms with E-state index in [9.17, 15) is 0 Å². The van der Waals surface area contributed by atoms with E-state index in [1.165, 1.54) is 5.01 Å². The first-order valence-electron chi connectivity index (χ1n) is 3.03.